The Bertz CT molecular complexity index is 640. The van der Waals surface area contributed by atoms with Crippen LogP contribution in [0, 0.1) is 0 Å². The fourth-order valence-electron chi connectivity index (χ4n) is 2.69. The predicted octanol–water partition coefficient (Wildman–Crippen LogP) is 2.90. The largest absolute Gasteiger partial charge is 0.467 e. The SMILES string of the molecule is COC(=O)C(Nc1ccc2c(n1)CCC2)c1ccccc1. The van der Waals surface area contributed by atoms with Gasteiger partial charge < -0.3 is 10.1 Å². The summed E-state index contributed by atoms with van der Waals surface area (Å²) in [6.45, 7) is 0. The van der Waals surface area contributed by atoms with Crippen molar-refractivity contribution in [2.45, 2.75) is 25.3 Å². The molecule has 1 unspecified atom stereocenters. The molecule has 3 rings (SSSR count). The van der Waals surface area contributed by atoms with Crippen LogP contribution in [0.5, 0.6) is 0 Å². The number of methoxy groups -OCH3 is 1. The van der Waals surface area contributed by atoms with E-state index in [-0.39, 0.29) is 5.97 Å². The van der Waals surface area contributed by atoms with E-state index in [1.165, 1.54) is 12.7 Å². The second kappa shape index (κ2) is 5.95. The number of aromatic nitrogens is 1. The summed E-state index contributed by atoms with van der Waals surface area (Å²) in [4.78, 5) is 16.7. The molecular weight excluding hydrogens is 264 g/mol. The lowest BCUT2D eigenvalue weighted by molar-refractivity contribution is -0.141. The van der Waals surface area contributed by atoms with Crippen LogP contribution in [-0.4, -0.2) is 18.1 Å². The summed E-state index contributed by atoms with van der Waals surface area (Å²) in [6, 6.07) is 13.0. The normalized spacial score (nSPS) is 14.3. The Labute approximate surface area is 124 Å². The molecule has 1 N–H and O–H groups in total. The molecule has 1 aromatic carbocycles. The predicted molar refractivity (Wildman–Crippen MR) is 81.1 cm³/mol. The molecule has 0 bridgehead atoms. The molecule has 4 heteroatoms. The fourth-order valence-corrected chi connectivity index (χ4v) is 2.69. The van der Waals surface area contributed by atoms with Crippen LogP contribution in [0.2, 0.25) is 0 Å². The Hall–Kier alpha value is -2.36. The average molecular weight is 282 g/mol. The van der Waals surface area contributed by atoms with Gasteiger partial charge in [-0.25, -0.2) is 9.78 Å². The van der Waals surface area contributed by atoms with Crippen LogP contribution in [0.25, 0.3) is 0 Å². The summed E-state index contributed by atoms with van der Waals surface area (Å²) >= 11 is 0. The van der Waals surface area contributed by atoms with E-state index in [1.54, 1.807) is 0 Å². The molecule has 0 radical (unpaired) electrons. The van der Waals surface area contributed by atoms with E-state index in [0.29, 0.717) is 0 Å². The third kappa shape index (κ3) is 2.89. The monoisotopic (exact) mass is 282 g/mol. The van der Waals surface area contributed by atoms with E-state index in [0.717, 1.165) is 36.3 Å². The average Bonchev–Trinajstić information content (AvgIpc) is 3.00. The second-order valence-electron chi connectivity index (χ2n) is 5.17. The number of carbonyl (C=O) groups excluding carboxylic acids is 1. The Balaban J connectivity index is 1.86. The van der Waals surface area contributed by atoms with Crippen molar-refractivity contribution < 1.29 is 9.53 Å². The van der Waals surface area contributed by atoms with Gasteiger partial charge in [0.2, 0.25) is 0 Å². The Morgan fingerprint density at radius 1 is 1.19 bits per heavy atom. The van der Waals surface area contributed by atoms with Crippen LogP contribution in [0.4, 0.5) is 5.82 Å². The topological polar surface area (TPSA) is 51.2 Å². The van der Waals surface area contributed by atoms with Crippen molar-refractivity contribution in [3.05, 3.63) is 59.3 Å². The summed E-state index contributed by atoms with van der Waals surface area (Å²) in [6.07, 6.45) is 3.27. The summed E-state index contributed by atoms with van der Waals surface area (Å²) in [5.74, 6) is 0.401. The number of esters is 1. The molecule has 0 fully saturated rings. The molecular formula is C17H18N2O2. The number of nitrogens with one attached hydrogen (secondary N) is 1. The highest BCUT2D eigenvalue weighted by atomic mass is 16.5. The maximum Gasteiger partial charge on any atom is 0.333 e. The van der Waals surface area contributed by atoms with Gasteiger partial charge in [0.1, 0.15) is 5.82 Å². The number of fused-ring (bicyclic) bond motifs is 1. The molecule has 21 heavy (non-hydrogen) atoms. The molecule has 0 aliphatic heterocycles. The van der Waals surface area contributed by atoms with Crippen LogP contribution in [0.3, 0.4) is 0 Å². The summed E-state index contributed by atoms with van der Waals surface area (Å²) in [5.41, 5.74) is 3.32. The molecule has 1 aromatic heterocycles. The molecule has 0 spiro atoms. The highest BCUT2D eigenvalue weighted by Gasteiger charge is 2.22. The Morgan fingerprint density at radius 2 is 2.00 bits per heavy atom. The third-order valence-corrected chi connectivity index (χ3v) is 3.79. The minimum atomic E-state index is -0.539. The van der Waals surface area contributed by atoms with Crippen molar-refractivity contribution in [3.63, 3.8) is 0 Å². The molecule has 1 aliphatic rings. The molecule has 4 nitrogen and oxygen atoms in total. The minimum Gasteiger partial charge on any atom is -0.467 e. The molecule has 0 saturated heterocycles. The van der Waals surface area contributed by atoms with Gasteiger partial charge >= 0.3 is 5.97 Å². The van der Waals surface area contributed by atoms with Crippen molar-refractivity contribution in [1.29, 1.82) is 0 Å². The Kier molecular flexibility index (Phi) is 3.86. The quantitative estimate of drug-likeness (QED) is 0.876. The maximum atomic E-state index is 12.0. The zero-order valence-electron chi connectivity index (χ0n) is 12.0. The van der Waals surface area contributed by atoms with Gasteiger partial charge in [0, 0.05) is 5.69 Å². The van der Waals surface area contributed by atoms with Gasteiger partial charge in [-0.3, -0.25) is 0 Å². The van der Waals surface area contributed by atoms with Crippen molar-refractivity contribution in [3.8, 4) is 0 Å². The second-order valence-corrected chi connectivity index (χ2v) is 5.17. The number of nitrogens with zero attached hydrogens (tertiary/aromatic N) is 1. The molecule has 1 aliphatic carbocycles. The van der Waals surface area contributed by atoms with Crippen LogP contribution in [0.15, 0.2) is 42.5 Å². The van der Waals surface area contributed by atoms with Gasteiger partial charge in [0.05, 0.1) is 7.11 Å². The minimum absolute atomic E-state index is 0.316. The first-order chi connectivity index (χ1) is 10.3. The van der Waals surface area contributed by atoms with Crippen molar-refractivity contribution in [2.75, 3.05) is 12.4 Å². The van der Waals surface area contributed by atoms with Crippen LogP contribution in [0.1, 0.15) is 29.3 Å². The first kappa shape index (κ1) is 13.6. The number of benzene rings is 1. The number of pyridine rings is 1. The van der Waals surface area contributed by atoms with E-state index in [9.17, 15) is 4.79 Å². The number of carbonyl (C=O) groups is 1. The zero-order chi connectivity index (χ0) is 14.7. The summed E-state index contributed by atoms with van der Waals surface area (Å²) in [5, 5.41) is 3.19. The van der Waals surface area contributed by atoms with Crippen molar-refractivity contribution >= 4 is 11.8 Å². The summed E-state index contributed by atoms with van der Waals surface area (Å²) < 4.78 is 4.90. The number of anilines is 1. The molecule has 1 heterocycles. The first-order valence-corrected chi connectivity index (χ1v) is 7.16. The van der Waals surface area contributed by atoms with Crippen LogP contribution >= 0.6 is 0 Å². The zero-order valence-corrected chi connectivity index (χ0v) is 12.0. The molecule has 2 aromatic rings. The van der Waals surface area contributed by atoms with E-state index < -0.39 is 6.04 Å². The van der Waals surface area contributed by atoms with Crippen molar-refractivity contribution in [1.82, 2.24) is 4.98 Å². The van der Waals surface area contributed by atoms with Gasteiger partial charge in [-0.05, 0) is 36.5 Å². The van der Waals surface area contributed by atoms with E-state index in [2.05, 4.69) is 16.4 Å². The summed E-state index contributed by atoms with van der Waals surface area (Å²) in [7, 11) is 1.40. The molecule has 1 atom stereocenters. The van der Waals surface area contributed by atoms with E-state index in [1.807, 2.05) is 36.4 Å². The number of hydrogen-bond acceptors (Lipinski definition) is 4. The van der Waals surface area contributed by atoms with Gasteiger partial charge in [-0.1, -0.05) is 36.4 Å². The molecule has 0 saturated carbocycles. The van der Waals surface area contributed by atoms with E-state index >= 15 is 0 Å². The van der Waals surface area contributed by atoms with Gasteiger partial charge in [-0.15, -0.1) is 0 Å². The number of aryl methyl sites for hydroxylation is 2. The van der Waals surface area contributed by atoms with Gasteiger partial charge in [-0.2, -0.15) is 0 Å². The van der Waals surface area contributed by atoms with E-state index in [4.69, 9.17) is 4.74 Å². The highest BCUT2D eigenvalue weighted by molar-refractivity contribution is 5.80. The maximum absolute atomic E-state index is 12.0. The van der Waals surface area contributed by atoms with Crippen LogP contribution < -0.4 is 5.32 Å². The first-order valence-electron chi connectivity index (χ1n) is 7.16. The highest BCUT2D eigenvalue weighted by Crippen LogP contribution is 2.24. The number of rotatable bonds is 4. The standard InChI is InChI=1S/C17H18N2O2/c1-21-17(20)16(13-6-3-2-4-7-13)19-15-11-10-12-8-5-9-14(12)18-15/h2-4,6-7,10-11,16H,5,8-9H2,1H3,(H,18,19). The third-order valence-electron chi connectivity index (χ3n) is 3.79. The lowest BCUT2D eigenvalue weighted by Gasteiger charge is -2.18. The van der Waals surface area contributed by atoms with Crippen LogP contribution in [-0.2, 0) is 22.4 Å². The lowest BCUT2D eigenvalue weighted by atomic mass is 10.1. The van der Waals surface area contributed by atoms with Gasteiger partial charge in [0.25, 0.3) is 0 Å². The lowest BCUT2D eigenvalue weighted by Crippen LogP contribution is -2.23. The molecule has 0 amide bonds. The number of hydrogen-bond donors (Lipinski definition) is 1. The number of ether oxygens (including phenoxy) is 1. The van der Waals surface area contributed by atoms with Crippen molar-refractivity contribution in [2.24, 2.45) is 0 Å². The Morgan fingerprint density at radius 3 is 2.76 bits per heavy atom. The smallest absolute Gasteiger partial charge is 0.333 e. The van der Waals surface area contributed by atoms with Gasteiger partial charge in [0.15, 0.2) is 6.04 Å². The fraction of sp³-hybridized carbons (Fsp3) is 0.294. The molecule has 108 valence electrons.